The van der Waals surface area contributed by atoms with Crippen molar-refractivity contribution in [3.63, 3.8) is 0 Å². The van der Waals surface area contributed by atoms with Gasteiger partial charge in [-0.15, -0.1) is 0 Å². The van der Waals surface area contributed by atoms with Gasteiger partial charge < -0.3 is 0 Å². The standard InChI is InChI=1S/C14H26SSi/c1-4-5-6-7-8-9-12-16(2,3)14-10-11-15-13-14/h10-11,13H,4-9,12H2,1-3H3. The summed E-state index contributed by atoms with van der Waals surface area (Å²) < 4.78 is 0. The summed E-state index contributed by atoms with van der Waals surface area (Å²) in [4.78, 5) is 0. The summed E-state index contributed by atoms with van der Waals surface area (Å²) in [5.41, 5.74) is 0. The molecule has 1 aromatic rings. The summed E-state index contributed by atoms with van der Waals surface area (Å²) in [5, 5.41) is 6.25. The van der Waals surface area contributed by atoms with Crippen molar-refractivity contribution in [3.8, 4) is 0 Å². The van der Waals surface area contributed by atoms with Gasteiger partial charge in [-0.1, -0.05) is 70.7 Å². The van der Waals surface area contributed by atoms with Crippen LogP contribution in [0.4, 0.5) is 0 Å². The molecule has 0 nitrogen and oxygen atoms in total. The average Bonchev–Trinajstić information content (AvgIpc) is 2.77. The first kappa shape index (κ1) is 14.0. The molecule has 0 spiro atoms. The molecule has 16 heavy (non-hydrogen) atoms. The Balaban J connectivity index is 2.17. The summed E-state index contributed by atoms with van der Waals surface area (Å²) in [7, 11) is -1.09. The van der Waals surface area contributed by atoms with Crippen LogP contribution < -0.4 is 5.19 Å². The van der Waals surface area contributed by atoms with Gasteiger partial charge in [-0.2, -0.15) is 11.3 Å². The van der Waals surface area contributed by atoms with Crippen LogP contribution >= 0.6 is 11.3 Å². The smallest absolute Gasteiger partial charge is 0.0817 e. The molecule has 1 aromatic heterocycles. The van der Waals surface area contributed by atoms with Crippen molar-refractivity contribution < 1.29 is 0 Å². The highest BCUT2D eigenvalue weighted by Crippen LogP contribution is 2.17. The molecule has 0 saturated heterocycles. The van der Waals surface area contributed by atoms with Crippen LogP contribution in [0.3, 0.4) is 0 Å². The maximum absolute atomic E-state index is 2.51. The van der Waals surface area contributed by atoms with Crippen LogP contribution in [0.5, 0.6) is 0 Å². The van der Waals surface area contributed by atoms with Crippen molar-refractivity contribution in [3.05, 3.63) is 16.8 Å². The fraction of sp³-hybridized carbons (Fsp3) is 0.714. The molecule has 0 atom stereocenters. The van der Waals surface area contributed by atoms with Gasteiger partial charge in [0.2, 0.25) is 0 Å². The summed E-state index contributed by atoms with van der Waals surface area (Å²) in [6.45, 7) is 7.31. The Morgan fingerprint density at radius 2 is 1.75 bits per heavy atom. The van der Waals surface area contributed by atoms with E-state index in [2.05, 4.69) is 36.8 Å². The first-order chi connectivity index (χ1) is 7.67. The Labute approximate surface area is 106 Å². The van der Waals surface area contributed by atoms with Crippen LogP contribution in [-0.4, -0.2) is 8.07 Å². The molecule has 0 bridgehead atoms. The van der Waals surface area contributed by atoms with Crippen LogP contribution in [0.2, 0.25) is 19.1 Å². The van der Waals surface area contributed by atoms with Crippen molar-refractivity contribution in [1.82, 2.24) is 0 Å². The number of unbranched alkanes of at least 4 members (excludes halogenated alkanes) is 5. The van der Waals surface area contributed by atoms with Gasteiger partial charge in [-0.3, -0.25) is 0 Å². The molecular weight excluding hydrogens is 228 g/mol. The van der Waals surface area contributed by atoms with Gasteiger partial charge in [-0.25, -0.2) is 0 Å². The van der Waals surface area contributed by atoms with Gasteiger partial charge in [0.25, 0.3) is 0 Å². The van der Waals surface area contributed by atoms with E-state index in [0.717, 1.165) is 0 Å². The molecule has 0 amide bonds. The van der Waals surface area contributed by atoms with E-state index in [0.29, 0.717) is 0 Å². The normalized spacial score (nSPS) is 11.9. The third-order valence-corrected chi connectivity index (χ3v) is 7.83. The minimum Gasteiger partial charge on any atom is -0.153 e. The zero-order chi connectivity index (χ0) is 11.9. The Morgan fingerprint density at radius 3 is 2.38 bits per heavy atom. The summed E-state index contributed by atoms with van der Waals surface area (Å²) in [6, 6.07) is 3.81. The maximum Gasteiger partial charge on any atom is 0.0817 e. The quantitative estimate of drug-likeness (QED) is 0.451. The third-order valence-electron chi connectivity index (χ3n) is 3.46. The molecule has 0 aliphatic heterocycles. The van der Waals surface area contributed by atoms with Crippen molar-refractivity contribution in [2.75, 3.05) is 0 Å². The fourth-order valence-corrected chi connectivity index (χ4v) is 6.23. The average molecular weight is 255 g/mol. The van der Waals surface area contributed by atoms with E-state index in [4.69, 9.17) is 0 Å². The third kappa shape index (κ3) is 4.83. The van der Waals surface area contributed by atoms with E-state index in [1.54, 1.807) is 5.19 Å². The highest BCUT2D eigenvalue weighted by atomic mass is 32.1. The molecule has 0 unspecified atom stereocenters. The maximum atomic E-state index is 2.51. The number of thiophene rings is 1. The molecule has 2 heteroatoms. The molecule has 0 fully saturated rings. The number of rotatable bonds is 8. The van der Waals surface area contributed by atoms with E-state index in [9.17, 15) is 0 Å². The van der Waals surface area contributed by atoms with E-state index in [1.807, 2.05) is 11.3 Å². The lowest BCUT2D eigenvalue weighted by Crippen LogP contribution is -2.39. The predicted octanol–water partition coefficient (Wildman–Crippen LogP) is 5.02. The number of hydrogen-bond donors (Lipinski definition) is 0. The zero-order valence-electron chi connectivity index (χ0n) is 11.1. The first-order valence-corrected chi connectivity index (χ1v) is 10.8. The number of hydrogen-bond acceptors (Lipinski definition) is 1. The fourth-order valence-electron chi connectivity index (χ4n) is 2.14. The van der Waals surface area contributed by atoms with Crippen LogP contribution in [-0.2, 0) is 0 Å². The highest BCUT2D eigenvalue weighted by molar-refractivity contribution is 7.10. The van der Waals surface area contributed by atoms with E-state index >= 15 is 0 Å². The predicted molar refractivity (Wildman–Crippen MR) is 79.6 cm³/mol. The van der Waals surface area contributed by atoms with E-state index in [-0.39, 0.29) is 0 Å². The van der Waals surface area contributed by atoms with E-state index < -0.39 is 8.07 Å². The molecule has 0 aromatic carbocycles. The lowest BCUT2D eigenvalue weighted by molar-refractivity contribution is 0.623. The van der Waals surface area contributed by atoms with Crippen molar-refractivity contribution >= 4 is 24.6 Å². The van der Waals surface area contributed by atoms with Crippen LogP contribution in [0, 0.1) is 0 Å². The van der Waals surface area contributed by atoms with E-state index in [1.165, 1.54) is 44.6 Å². The van der Waals surface area contributed by atoms with Gasteiger partial charge in [0.1, 0.15) is 0 Å². The monoisotopic (exact) mass is 254 g/mol. The zero-order valence-corrected chi connectivity index (χ0v) is 12.9. The molecule has 0 aliphatic carbocycles. The van der Waals surface area contributed by atoms with Gasteiger partial charge in [-0.05, 0) is 15.9 Å². The molecule has 0 saturated carbocycles. The topological polar surface area (TPSA) is 0 Å². The SMILES string of the molecule is CCCCCCCC[Si](C)(C)c1ccsc1. The summed E-state index contributed by atoms with van der Waals surface area (Å²) in [5.74, 6) is 0. The Kier molecular flexibility index (Phi) is 6.36. The Morgan fingerprint density at radius 1 is 1.06 bits per heavy atom. The molecule has 1 heterocycles. The molecule has 0 N–H and O–H groups in total. The molecular formula is C14H26SSi. The molecule has 0 aliphatic rings. The van der Waals surface area contributed by atoms with Gasteiger partial charge in [0.15, 0.2) is 0 Å². The van der Waals surface area contributed by atoms with Crippen molar-refractivity contribution in [1.29, 1.82) is 0 Å². The Hall–Kier alpha value is -0.0831. The van der Waals surface area contributed by atoms with Crippen LogP contribution in [0.25, 0.3) is 0 Å². The second-order valence-electron chi connectivity index (χ2n) is 5.41. The second kappa shape index (κ2) is 7.28. The second-order valence-corrected chi connectivity index (χ2v) is 11.0. The van der Waals surface area contributed by atoms with Crippen molar-refractivity contribution in [2.45, 2.75) is 64.6 Å². The lowest BCUT2D eigenvalue weighted by Gasteiger charge is -2.21. The lowest BCUT2D eigenvalue weighted by atomic mass is 10.1. The molecule has 0 radical (unpaired) electrons. The highest BCUT2D eigenvalue weighted by Gasteiger charge is 2.22. The molecule has 92 valence electrons. The summed E-state index contributed by atoms with van der Waals surface area (Å²) in [6.07, 6.45) is 8.55. The van der Waals surface area contributed by atoms with Crippen LogP contribution in [0.15, 0.2) is 16.8 Å². The molecule has 1 rings (SSSR count). The van der Waals surface area contributed by atoms with Gasteiger partial charge in [0.05, 0.1) is 8.07 Å². The largest absolute Gasteiger partial charge is 0.153 e. The minimum absolute atomic E-state index is 1.09. The van der Waals surface area contributed by atoms with Gasteiger partial charge >= 0.3 is 0 Å². The minimum atomic E-state index is -1.09. The summed E-state index contributed by atoms with van der Waals surface area (Å²) >= 11 is 1.85. The first-order valence-electron chi connectivity index (χ1n) is 6.69. The Bertz CT molecular complexity index is 264. The van der Waals surface area contributed by atoms with Gasteiger partial charge in [0, 0.05) is 0 Å². The van der Waals surface area contributed by atoms with Crippen LogP contribution in [0.1, 0.15) is 45.4 Å². The van der Waals surface area contributed by atoms with Crippen molar-refractivity contribution in [2.24, 2.45) is 0 Å².